The maximum Gasteiger partial charge on any atom is 0.288 e. The first-order chi connectivity index (χ1) is 12.1. The van der Waals surface area contributed by atoms with E-state index in [2.05, 4.69) is 17.4 Å². The number of nitrogens with zero attached hydrogens (tertiary/aromatic N) is 1. The van der Waals surface area contributed by atoms with Crippen molar-refractivity contribution in [1.82, 2.24) is 5.32 Å². The summed E-state index contributed by atoms with van der Waals surface area (Å²) in [6, 6.07) is 14.5. The topological polar surface area (TPSA) is 72.2 Å². The number of halogens is 1. The van der Waals surface area contributed by atoms with Crippen LogP contribution in [0.1, 0.15) is 12.0 Å². The molecule has 2 aromatic carbocycles. The normalized spacial score (nSPS) is 10.8. The number of carbonyl (C=O) groups excluding carboxylic acids is 1. The standard InChI is InChI=1S/C18H17ClN2O3S/c19-16-9-7-14(13-17(16)21(23)24)8-10-18(22)20-11-4-12-25-15-5-2-1-3-6-15/h1-3,5-10,13H,4,11-12H2,(H,20,22)/b10-8+. The quantitative estimate of drug-likeness (QED) is 0.241. The van der Waals surface area contributed by atoms with Crippen LogP contribution in [0.25, 0.3) is 6.08 Å². The molecule has 2 rings (SSSR count). The third-order valence-electron chi connectivity index (χ3n) is 3.23. The zero-order valence-electron chi connectivity index (χ0n) is 13.4. The number of hydrogen-bond donors (Lipinski definition) is 1. The van der Waals surface area contributed by atoms with Gasteiger partial charge in [0.2, 0.25) is 5.91 Å². The first-order valence-electron chi connectivity index (χ1n) is 7.64. The Hall–Kier alpha value is -2.31. The van der Waals surface area contributed by atoms with Gasteiger partial charge in [-0.2, -0.15) is 0 Å². The summed E-state index contributed by atoms with van der Waals surface area (Å²) in [5.41, 5.74) is 0.369. The first kappa shape index (κ1) is 19.0. The van der Waals surface area contributed by atoms with Gasteiger partial charge in [0.1, 0.15) is 5.02 Å². The van der Waals surface area contributed by atoms with Crippen molar-refractivity contribution in [3.63, 3.8) is 0 Å². The minimum atomic E-state index is -0.551. The molecule has 7 heteroatoms. The molecule has 0 bridgehead atoms. The SMILES string of the molecule is O=C(/C=C/c1ccc(Cl)c([N+](=O)[O-])c1)NCCCSc1ccccc1. The third kappa shape index (κ3) is 6.60. The smallest absolute Gasteiger partial charge is 0.288 e. The predicted molar refractivity (Wildman–Crippen MR) is 102 cm³/mol. The van der Waals surface area contributed by atoms with Gasteiger partial charge >= 0.3 is 0 Å². The Bertz CT molecular complexity index is 766. The molecule has 1 N–H and O–H groups in total. The van der Waals surface area contributed by atoms with Gasteiger partial charge in [0.25, 0.3) is 5.69 Å². The molecule has 5 nitrogen and oxygen atoms in total. The molecule has 0 atom stereocenters. The van der Waals surface area contributed by atoms with Gasteiger partial charge in [-0.1, -0.05) is 35.9 Å². The minimum Gasteiger partial charge on any atom is -0.353 e. The van der Waals surface area contributed by atoms with Crippen LogP contribution in [0.5, 0.6) is 0 Å². The highest BCUT2D eigenvalue weighted by Gasteiger charge is 2.11. The van der Waals surface area contributed by atoms with Gasteiger partial charge in [-0.25, -0.2) is 0 Å². The van der Waals surface area contributed by atoms with E-state index in [0.717, 1.165) is 12.2 Å². The average molecular weight is 377 g/mol. The van der Waals surface area contributed by atoms with Gasteiger partial charge in [-0.05, 0) is 42.0 Å². The molecule has 0 aliphatic rings. The number of nitrogens with one attached hydrogen (secondary N) is 1. The third-order valence-corrected chi connectivity index (χ3v) is 4.64. The highest BCUT2D eigenvalue weighted by Crippen LogP contribution is 2.25. The Morgan fingerprint density at radius 1 is 1.24 bits per heavy atom. The fraction of sp³-hybridized carbons (Fsp3) is 0.167. The molecule has 0 radical (unpaired) electrons. The lowest BCUT2D eigenvalue weighted by molar-refractivity contribution is -0.384. The number of carbonyl (C=O) groups is 1. The maximum atomic E-state index is 11.8. The Kier molecular flexibility index (Phi) is 7.50. The molecule has 0 spiro atoms. The van der Waals surface area contributed by atoms with Crippen LogP contribution >= 0.6 is 23.4 Å². The van der Waals surface area contributed by atoms with Crippen LogP contribution in [0, 0.1) is 10.1 Å². The van der Waals surface area contributed by atoms with Crippen LogP contribution in [-0.4, -0.2) is 23.1 Å². The van der Waals surface area contributed by atoms with Crippen molar-refractivity contribution >= 4 is 41.0 Å². The number of hydrogen-bond acceptors (Lipinski definition) is 4. The van der Waals surface area contributed by atoms with Crippen LogP contribution in [0.15, 0.2) is 59.5 Å². The van der Waals surface area contributed by atoms with Crippen molar-refractivity contribution in [2.24, 2.45) is 0 Å². The molecule has 0 aliphatic heterocycles. The molecule has 25 heavy (non-hydrogen) atoms. The van der Waals surface area contributed by atoms with E-state index in [1.165, 1.54) is 29.2 Å². The molecular formula is C18H17ClN2O3S. The fourth-order valence-corrected chi connectivity index (χ4v) is 3.06. The summed E-state index contributed by atoms with van der Waals surface area (Å²) < 4.78 is 0. The zero-order chi connectivity index (χ0) is 18.1. The number of benzene rings is 2. The summed E-state index contributed by atoms with van der Waals surface area (Å²) in [5, 5.41) is 13.7. The van der Waals surface area contributed by atoms with E-state index in [0.29, 0.717) is 12.1 Å². The lowest BCUT2D eigenvalue weighted by atomic mass is 10.2. The summed E-state index contributed by atoms with van der Waals surface area (Å²) in [7, 11) is 0. The van der Waals surface area contributed by atoms with E-state index in [1.807, 2.05) is 18.2 Å². The Labute approximate surface area is 155 Å². The molecule has 0 aliphatic carbocycles. The number of rotatable bonds is 8. The van der Waals surface area contributed by atoms with Crippen LogP contribution in [0.2, 0.25) is 5.02 Å². The highest BCUT2D eigenvalue weighted by molar-refractivity contribution is 7.99. The summed E-state index contributed by atoms with van der Waals surface area (Å²) in [6.07, 6.45) is 3.74. The van der Waals surface area contributed by atoms with Gasteiger partial charge in [-0.3, -0.25) is 14.9 Å². The highest BCUT2D eigenvalue weighted by atomic mass is 35.5. The van der Waals surface area contributed by atoms with Gasteiger partial charge in [0.15, 0.2) is 0 Å². The van der Waals surface area contributed by atoms with Gasteiger partial charge in [-0.15, -0.1) is 11.8 Å². The van der Waals surface area contributed by atoms with Crippen molar-refractivity contribution in [3.8, 4) is 0 Å². The van der Waals surface area contributed by atoms with E-state index >= 15 is 0 Å². The molecule has 0 fully saturated rings. The molecule has 0 unspecified atom stereocenters. The monoisotopic (exact) mass is 376 g/mol. The Balaban J connectivity index is 1.74. The van der Waals surface area contributed by atoms with Crippen molar-refractivity contribution in [3.05, 3.63) is 75.3 Å². The Morgan fingerprint density at radius 2 is 2.00 bits per heavy atom. The minimum absolute atomic E-state index is 0.0718. The summed E-state index contributed by atoms with van der Waals surface area (Å²) in [6.45, 7) is 0.573. The predicted octanol–water partition coefficient (Wildman–Crippen LogP) is 4.56. The molecule has 2 aromatic rings. The largest absolute Gasteiger partial charge is 0.353 e. The molecule has 130 valence electrons. The van der Waals surface area contributed by atoms with Crippen LogP contribution < -0.4 is 5.32 Å². The van der Waals surface area contributed by atoms with E-state index < -0.39 is 4.92 Å². The molecule has 1 amide bonds. The number of nitro benzene ring substituents is 1. The van der Waals surface area contributed by atoms with Crippen molar-refractivity contribution in [2.75, 3.05) is 12.3 Å². The summed E-state index contributed by atoms with van der Waals surface area (Å²) >= 11 is 7.49. The number of thioether (sulfide) groups is 1. The van der Waals surface area contributed by atoms with Gasteiger partial charge in [0, 0.05) is 23.6 Å². The molecule has 0 aromatic heterocycles. The van der Waals surface area contributed by atoms with E-state index in [-0.39, 0.29) is 16.6 Å². The summed E-state index contributed by atoms with van der Waals surface area (Å²) in [5.74, 6) is 0.680. The first-order valence-corrected chi connectivity index (χ1v) is 9.00. The molecule has 0 saturated carbocycles. The summed E-state index contributed by atoms with van der Waals surface area (Å²) in [4.78, 5) is 23.3. The number of amides is 1. The lowest BCUT2D eigenvalue weighted by Crippen LogP contribution is -2.22. The van der Waals surface area contributed by atoms with Crippen molar-refractivity contribution in [2.45, 2.75) is 11.3 Å². The van der Waals surface area contributed by atoms with Crippen molar-refractivity contribution < 1.29 is 9.72 Å². The van der Waals surface area contributed by atoms with Crippen LogP contribution in [0.3, 0.4) is 0 Å². The molecule has 0 saturated heterocycles. The van der Waals surface area contributed by atoms with Crippen molar-refractivity contribution in [1.29, 1.82) is 0 Å². The lowest BCUT2D eigenvalue weighted by Gasteiger charge is -2.03. The maximum absolute atomic E-state index is 11.8. The second kappa shape index (κ2) is 9.86. The molecular weight excluding hydrogens is 360 g/mol. The van der Waals surface area contributed by atoms with Crippen LogP contribution in [0.4, 0.5) is 5.69 Å². The second-order valence-corrected chi connectivity index (χ2v) is 6.68. The van der Waals surface area contributed by atoms with Gasteiger partial charge in [0.05, 0.1) is 4.92 Å². The molecule has 0 heterocycles. The fourth-order valence-electron chi connectivity index (χ4n) is 1.99. The van der Waals surface area contributed by atoms with Gasteiger partial charge < -0.3 is 5.32 Å². The Morgan fingerprint density at radius 3 is 2.72 bits per heavy atom. The van der Waals surface area contributed by atoms with E-state index in [4.69, 9.17) is 11.6 Å². The van der Waals surface area contributed by atoms with Crippen LogP contribution in [-0.2, 0) is 4.79 Å². The van der Waals surface area contributed by atoms with E-state index in [1.54, 1.807) is 17.8 Å². The average Bonchev–Trinajstić information content (AvgIpc) is 2.61. The number of nitro groups is 1. The second-order valence-electron chi connectivity index (χ2n) is 5.11. The van der Waals surface area contributed by atoms with E-state index in [9.17, 15) is 14.9 Å². The zero-order valence-corrected chi connectivity index (χ0v) is 14.9.